The lowest BCUT2D eigenvalue weighted by molar-refractivity contribution is -0.138. The highest BCUT2D eigenvalue weighted by Gasteiger charge is 2.17. The summed E-state index contributed by atoms with van der Waals surface area (Å²) < 4.78 is 23.6. The van der Waals surface area contributed by atoms with Crippen molar-refractivity contribution in [1.29, 1.82) is 0 Å². The normalized spacial score (nSPS) is 13.8. The van der Waals surface area contributed by atoms with Crippen LogP contribution in [0.2, 0.25) is 0 Å². The molecule has 1 rings (SSSR count). The summed E-state index contributed by atoms with van der Waals surface area (Å²) in [6, 6.07) is 4.18. The van der Waals surface area contributed by atoms with Gasteiger partial charge in [0.1, 0.15) is 5.75 Å². The molecule has 100 valence electrons. The first-order chi connectivity index (χ1) is 8.43. The van der Waals surface area contributed by atoms with Gasteiger partial charge in [0.2, 0.25) is 0 Å². The van der Waals surface area contributed by atoms with Crippen LogP contribution in [0.25, 0.3) is 0 Å². The Labute approximate surface area is 105 Å². The first-order valence-electron chi connectivity index (χ1n) is 5.66. The van der Waals surface area contributed by atoms with E-state index in [0.29, 0.717) is 5.75 Å². The Kier molecular flexibility index (Phi) is 4.95. The Bertz CT molecular complexity index is 419. The third-order valence-corrected chi connectivity index (χ3v) is 2.74. The van der Waals surface area contributed by atoms with E-state index in [0.717, 1.165) is 0 Å². The zero-order valence-corrected chi connectivity index (χ0v) is 10.6. The third-order valence-electron chi connectivity index (χ3n) is 2.74. The molecule has 0 amide bonds. The fraction of sp³-hybridized carbons (Fsp3) is 0.462. The fourth-order valence-electron chi connectivity index (χ4n) is 1.49. The molecule has 0 aliphatic rings. The second-order valence-corrected chi connectivity index (χ2v) is 4.19. The maximum absolute atomic E-state index is 13.2. The molecule has 0 saturated carbocycles. The van der Waals surface area contributed by atoms with Crippen molar-refractivity contribution in [2.75, 3.05) is 7.11 Å². The van der Waals surface area contributed by atoms with Gasteiger partial charge in [0.05, 0.1) is 19.6 Å². The van der Waals surface area contributed by atoms with Crippen molar-refractivity contribution in [3.63, 3.8) is 0 Å². The second kappa shape index (κ2) is 6.23. The highest BCUT2D eigenvalue weighted by Crippen LogP contribution is 2.25. The summed E-state index contributed by atoms with van der Waals surface area (Å²) in [5.74, 6) is -0.909. The molecule has 4 nitrogen and oxygen atoms in total. The van der Waals surface area contributed by atoms with E-state index >= 15 is 0 Å². The molecule has 0 fully saturated rings. The van der Waals surface area contributed by atoms with Crippen LogP contribution in [0.4, 0.5) is 4.39 Å². The van der Waals surface area contributed by atoms with E-state index in [2.05, 4.69) is 0 Å². The minimum Gasteiger partial charge on any atom is -0.494 e. The Balaban J connectivity index is 2.69. The Hall–Kier alpha value is -1.78. The van der Waals surface area contributed by atoms with Crippen LogP contribution in [0.15, 0.2) is 18.2 Å². The average molecular weight is 256 g/mol. The number of methoxy groups -OCH3 is 1. The molecule has 2 atom stereocenters. The van der Waals surface area contributed by atoms with Crippen molar-refractivity contribution in [2.45, 2.75) is 26.4 Å². The molecular weight excluding hydrogens is 239 g/mol. The summed E-state index contributed by atoms with van der Waals surface area (Å²) in [6.07, 6.45) is -0.254. The van der Waals surface area contributed by atoms with E-state index in [9.17, 15) is 9.18 Å². The van der Waals surface area contributed by atoms with Gasteiger partial charge >= 0.3 is 5.97 Å². The topological polar surface area (TPSA) is 55.8 Å². The van der Waals surface area contributed by atoms with E-state index in [1.54, 1.807) is 13.8 Å². The van der Waals surface area contributed by atoms with Gasteiger partial charge in [0.25, 0.3) is 0 Å². The average Bonchev–Trinajstić information content (AvgIpc) is 2.30. The van der Waals surface area contributed by atoms with Crippen LogP contribution in [-0.4, -0.2) is 24.3 Å². The fourth-order valence-corrected chi connectivity index (χ4v) is 1.49. The molecule has 1 aromatic rings. The monoisotopic (exact) mass is 256 g/mol. The number of carbonyl (C=O) groups is 1. The lowest BCUT2D eigenvalue weighted by atomic mass is 10.0. The molecular formula is C13H17FO4. The quantitative estimate of drug-likeness (QED) is 0.850. The van der Waals surface area contributed by atoms with Crippen LogP contribution < -0.4 is 9.47 Å². The van der Waals surface area contributed by atoms with Gasteiger partial charge in [-0.25, -0.2) is 4.39 Å². The van der Waals surface area contributed by atoms with Crippen LogP contribution in [0.5, 0.6) is 11.5 Å². The first-order valence-corrected chi connectivity index (χ1v) is 5.66. The predicted octanol–water partition coefficient (Wildman–Crippen LogP) is 2.71. The number of hydrogen-bond acceptors (Lipinski definition) is 3. The van der Waals surface area contributed by atoms with Crippen LogP contribution >= 0.6 is 0 Å². The number of hydrogen-bond donors (Lipinski definition) is 1. The summed E-state index contributed by atoms with van der Waals surface area (Å²) in [5, 5.41) is 8.69. The minimum atomic E-state index is -0.866. The number of carboxylic acid groups (broad SMARTS) is 1. The molecule has 18 heavy (non-hydrogen) atoms. The molecule has 0 heterocycles. The molecule has 0 saturated heterocycles. The maximum Gasteiger partial charge on any atom is 0.303 e. The van der Waals surface area contributed by atoms with Gasteiger partial charge in [-0.15, -0.1) is 0 Å². The molecule has 1 N–H and O–H groups in total. The first kappa shape index (κ1) is 14.3. The maximum atomic E-state index is 13.2. The molecule has 0 bridgehead atoms. The summed E-state index contributed by atoms with van der Waals surface area (Å²) in [6.45, 7) is 3.57. The lowest BCUT2D eigenvalue weighted by Crippen LogP contribution is -2.23. The lowest BCUT2D eigenvalue weighted by Gasteiger charge is -2.20. The van der Waals surface area contributed by atoms with Gasteiger partial charge in [-0.2, -0.15) is 0 Å². The zero-order valence-electron chi connectivity index (χ0n) is 10.6. The summed E-state index contributed by atoms with van der Waals surface area (Å²) in [5.41, 5.74) is 0. The van der Waals surface area contributed by atoms with Crippen LogP contribution in [0.1, 0.15) is 20.3 Å². The zero-order chi connectivity index (χ0) is 13.7. The van der Waals surface area contributed by atoms with E-state index in [-0.39, 0.29) is 24.2 Å². The summed E-state index contributed by atoms with van der Waals surface area (Å²) in [4.78, 5) is 10.6. The summed E-state index contributed by atoms with van der Waals surface area (Å²) >= 11 is 0. The highest BCUT2D eigenvalue weighted by molar-refractivity contribution is 5.67. The standard InChI is InChI=1S/C13H17FO4/c1-8(6-13(15)16)9(2)18-10-4-5-11(14)12(7-10)17-3/h4-5,7-9H,6H2,1-3H3,(H,15,16). The second-order valence-electron chi connectivity index (χ2n) is 4.19. The van der Waals surface area contributed by atoms with Crippen molar-refractivity contribution in [3.8, 4) is 11.5 Å². The third kappa shape index (κ3) is 3.91. The van der Waals surface area contributed by atoms with E-state index in [1.807, 2.05) is 0 Å². The van der Waals surface area contributed by atoms with Crippen LogP contribution in [0, 0.1) is 11.7 Å². The Morgan fingerprint density at radius 1 is 1.44 bits per heavy atom. The van der Waals surface area contributed by atoms with Gasteiger partial charge in [0.15, 0.2) is 11.6 Å². The number of halogens is 1. The summed E-state index contributed by atoms with van der Waals surface area (Å²) in [7, 11) is 1.37. The number of ether oxygens (including phenoxy) is 2. The van der Waals surface area contributed by atoms with Gasteiger partial charge in [-0.05, 0) is 19.1 Å². The SMILES string of the molecule is COc1cc(OC(C)C(C)CC(=O)O)ccc1F. The molecule has 0 aromatic heterocycles. The molecule has 0 aliphatic carbocycles. The highest BCUT2D eigenvalue weighted by atomic mass is 19.1. The van der Waals surface area contributed by atoms with Gasteiger partial charge in [-0.3, -0.25) is 4.79 Å². The van der Waals surface area contributed by atoms with Crippen molar-refractivity contribution >= 4 is 5.97 Å². The van der Waals surface area contributed by atoms with Crippen molar-refractivity contribution in [2.24, 2.45) is 5.92 Å². The molecule has 2 unspecified atom stereocenters. The number of rotatable bonds is 6. The van der Waals surface area contributed by atoms with Gasteiger partial charge < -0.3 is 14.6 Å². The van der Waals surface area contributed by atoms with E-state index < -0.39 is 11.8 Å². The van der Waals surface area contributed by atoms with Crippen molar-refractivity contribution in [1.82, 2.24) is 0 Å². The van der Waals surface area contributed by atoms with Crippen molar-refractivity contribution < 1.29 is 23.8 Å². The van der Waals surface area contributed by atoms with Crippen LogP contribution in [-0.2, 0) is 4.79 Å². The predicted molar refractivity (Wildman–Crippen MR) is 64.5 cm³/mol. The smallest absolute Gasteiger partial charge is 0.303 e. The number of benzene rings is 1. The van der Waals surface area contributed by atoms with Gasteiger partial charge in [0, 0.05) is 12.0 Å². The molecule has 5 heteroatoms. The number of carboxylic acids is 1. The molecule has 1 aromatic carbocycles. The molecule has 0 radical (unpaired) electrons. The van der Waals surface area contributed by atoms with Crippen LogP contribution in [0.3, 0.4) is 0 Å². The Morgan fingerprint density at radius 2 is 2.11 bits per heavy atom. The Morgan fingerprint density at radius 3 is 2.67 bits per heavy atom. The molecule has 0 aliphatic heterocycles. The van der Waals surface area contributed by atoms with E-state index in [1.165, 1.54) is 25.3 Å². The van der Waals surface area contributed by atoms with Gasteiger partial charge in [-0.1, -0.05) is 6.92 Å². The van der Waals surface area contributed by atoms with Crippen molar-refractivity contribution in [3.05, 3.63) is 24.0 Å². The number of aliphatic carboxylic acids is 1. The molecule has 0 spiro atoms. The largest absolute Gasteiger partial charge is 0.494 e. The van der Waals surface area contributed by atoms with E-state index in [4.69, 9.17) is 14.6 Å². The minimum absolute atomic E-state index is 0.0273.